The van der Waals surface area contributed by atoms with Gasteiger partial charge in [0.25, 0.3) is 0 Å². The van der Waals surface area contributed by atoms with Crippen molar-refractivity contribution < 1.29 is 39.6 Å². The van der Waals surface area contributed by atoms with E-state index in [1.54, 1.807) is 24.4 Å². The molecule has 4 heteroatoms. The Morgan fingerprint density at radius 1 is 0.814 bits per heavy atom. The van der Waals surface area contributed by atoms with Crippen LogP contribution in [0.3, 0.4) is 0 Å². The van der Waals surface area contributed by atoms with E-state index < -0.39 is 32.3 Å². The fourth-order valence-electron chi connectivity index (χ4n) is 5.01. The van der Waals surface area contributed by atoms with Gasteiger partial charge in [0, 0.05) is 53.0 Å². The molecule has 7 aromatic rings. The molecule has 0 unspecified atom stereocenters. The molecule has 0 bridgehead atoms. The number of furan rings is 1. The Bertz CT molecular complexity index is 2440. The summed E-state index contributed by atoms with van der Waals surface area (Å²) >= 11 is 0. The van der Waals surface area contributed by atoms with Crippen molar-refractivity contribution in [3.05, 3.63) is 119 Å². The molecule has 4 aromatic carbocycles. The molecule has 219 valence electrons. The molecule has 1 radical (unpaired) electrons. The van der Waals surface area contributed by atoms with Crippen LogP contribution in [0.1, 0.15) is 63.7 Å². The maximum Gasteiger partial charge on any atom is 0.121 e. The number of aromatic nitrogens is 2. The molecule has 0 atom stereocenters. The second-order valence-corrected chi connectivity index (χ2v) is 11.3. The number of aryl methyl sites for hydroxylation is 4. The van der Waals surface area contributed by atoms with Crippen molar-refractivity contribution in [2.45, 2.75) is 54.6 Å². The molecular weight excluding hydrogens is 705 g/mol. The Morgan fingerprint density at radius 3 is 2.35 bits per heavy atom. The number of benzene rings is 4. The Morgan fingerprint density at radius 2 is 1.63 bits per heavy atom. The molecule has 0 aliphatic carbocycles. The summed E-state index contributed by atoms with van der Waals surface area (Å²) in [5, 5.41) is 3.78. The fraction of sp³-hybridized carbons (Fsp3) is 0.231. The van der Waals surface area contributed by atoms with E-state index in [1.807, 2.05) is 64.1 Å². The zero-order valence-corrected chi connectivity index (χ0v) is 26.5. The minimum Gasteiger partial charge on any atom is -0.500 e. The average Bonchev–Trinajstić information content (AvgIpc) is 3.45. The Hall–Kier alpha value is -3.85. The zero-order chi connectivity index (χ0) is 38.9. The third-order valence-electron chi connectivity index (χ3n) is 6.96. The summed E-state index contributed by atoms with van der Waals surface area (Å²) < 4.78 is 91.2. The van der Waals surface area contributed by atoms with E-state index in [2.05, 4.69) is 22.1 Å². The van der Waals surface area contributed by atoms with Gasteiger partial charge in [-0.1, -0.05) is 80.5 Å². The van der Waals surface area contributed by atoms with E-state index in [1.165, 1.54) is 12.1 Å². The Labute approximate surface area is 283 Å². The van der Waals surface area contributed by atoms with Crippen LogP contribution in [0.25, 0.3) is 55.2 Å². The smallest absolute Gasteiger partial charge is 0.121 e. The van der Waals surface area contributed by atoms with Crippen LogP contribution >= 0.6 is 0 Å². The molecule has 0 aliphatic rings. The first-order chi connectivity index (χ1) is 24.5. The van der Waals surface area contributed by atoms with Crippen molar-refractivity contribution in [3.8, 4) is 22.5 Å². The van der Waals surface area contributed by atoms with Gasteiger partial charge in [0.05, 0.1) is 5.58 Å². The van der Waals surface area contributed by atoms with Crippen LogP contribution in [0.2, 0.25) is 0 Å². The molecule has 0 spiro atoms. The molecule has 3 nitrogen and oxygen atoms in total. The van der Waals surface area contributed by atoms with E-state index in [4.69, 9.17) is 19.5 Å². The third-order valence-corrected chi connectivity index (χ3v) is 6.96. The zero-order valence-electron chi connectivity index (χ0n) is 35.1. The first-order valence-electron chi connectivity index (χ1n) is 19.1. The van der Waals surface area contributed by atoms with Crippen LogP contribution in [0.5, 0.6) is 0 Å². The van der Waals surface area contributed by atoms with Gasteiger partial charge >= 0.3 is 0 Å². The van der Waals surface area contributed by atoms with E-state index in [9.17, 15) is 0 Å². The summed E-state index contributed by atoms with van der Waals surface area (Å²) in [6.07, 6.45) is 1.21. The summed E-state index contributed by atoms with van der Waals surface area (Å²) in [5.41, 5.74) is 4.35. The molecular formula is C39H36IrN2O-2. The van der Waals surface area contributed by atoms with Crippen molar-refractivity contribution in [1.82, 2.24) is 9.97 Å². The topological polar surface area (TPSA) is 38.9 Å². The predicted molar refractivity (Wildman–Crippen MR) is 175 cm³/mol. The quantitative estimate of drug-likeness (QED) is 0.133. The predicted octanol–water partition coefficient (Wildman–Crippen LogP) is 10.4. The van der Waals surface area contributed by atoms with Gasteiger partial charge in [0.15, 0.2) is 0 Å². The van der Waals surface area contributed by atoms with Crippen LogP contribution in [-0.4, -0.2) is 9.97 Å². The second-order valence-electron chi connectivity index (χ2n) is 11.3. The summed E-state index contributed by atoms with van der Waals surface area (Å²) in [5.74, 6) is 0. The summed E-state index contributed by atoms with van der Waals surface area (Å²) in [7, 11) is 0. The van der Waals surface area contributed by atoms with Gasteiger partial charge in [-0.25, -0.2) is 0 Å². The monoisotopic (exact) mass is 752 g/mol. The SMILES string of the molecule is [2H]C([2H])([2H])c1c[c-]c(-c2cc(C)c(C([2H])([2H])C(C)(C)C)cn2)cc1.[2H]C([2H])([2H])c1cnc(-c2[c-]cc3oc4cccc5ccc2c3c54)cc1C([2H])([2H])[2H].[Ir]. The minimum atomic E-state index is -2.58. The molecule has 3 aromatic heterocycles. The fourth-order valence-corrected chi connectivity index (χ4v) is 5.01. The Balaban J connectivity index is 0.000000208. The molecule has 0 saturated heterocycles. The number of hydrogen-bond acceptors (Lipinski definition) is 3. The largest absolute Gasteiger partial charge is 0.500 e. The van der Waals surface area contributed by atoms with Crippen LogP contribution in [0, 0.1) is 45.0 Å². The van der Waals surface area contributed by atoms with Crippen molar-refractivity contribution in [1.29, 1.82) is 0 Å². The van der Waals surface area contributed by atoms with Gasteiger partial charge < -0.3 is 14.4 Å². The summed E-state index contributed by atoms with van der Waals surface area (Å²) in [6, 6.07) is 25.4. The molecule has 0 fully saturated rings. The molecule has 0 saturated carbocycles. The van der Waals surface area contributed by atoms with Gasteiger partial charge in [0.1, 0.15) is 5.58 Å². The van der Waals surface area contributed by atoms with E-state index in [-0.39, 0.29) is 36.8 Å². The van der Waals surface area contributed by atoms with E-state index in [0.29, 0.717) is 33.7 Å². The Kier molecular flexibility index (Phi) is 5.44. The molecule has 0 aliphatic heterocycles. The van der Waals surface area contributed by atoms with Crippen molar-refractivity contribution in [2.24, 2.45) is 5.41 Å². The van der Waals surface area contributed by atoms with Gasteiger partial charge in [-0.15, -0.1) is 53.1 Å². The number of pyridine rings is 2. The van der Waals surface area contributed by atoms with Crippen LogP contribution < -0.4 is 0 Å². The molecule has 43 heavy (non-hydrogen) atoms. The number of hydrogen-bond donors (Lipinski definition) is 0. The standard InChI is InChI=1S/C21H14NO.C18H22N.Ir/c1-12-10-17(22-11-13(12)2)15-8-9-19-21-16(15)7-6-14-4-3-5-18(23-19)20(14)21;1-13-6-8-15(9-7-13)17-10-14(2)16(12-19-17)11-18(3,4)5;/h3-7,9-11H,1-2H3;6-8,10,12H,11H2,1-5H3;/q2*-1;/i1D3,2D3;1D3,11D2;. The average molecular weight is 752 g/mol. The molecule has 7 rings (SSSR count). The van der Waals surface area contributed by atoms with E-state index >= 15 is 0 Å². The summed E-state index contributed by atoms with van der Waals surface area (Å²) in [6.45, 7) is 0.164. The van der Waals surface area contributed by atoms with Crippen molar-refractivity contribution in [3.63, 3.8) is 0 Å². The first kappa shape index (κ1) is 19.4. The maximum atomic E-state index is 8.39. The number of nitrogens with zero attached hydrogens (tertiary/aromatic N) is 2. The van der Waals surface area contributed by atoms with Crippen LogP contribution in [0.15, 0.2) is 83.5 Å². The van der Waals surface area contributed by atoms with Gasteiger partial charge in [-0.05, 0) is 71.8 Å². The van der Waals surface area contributed by atoms with E-state index in [0.717, 1.165) is 38.9 Å². The molecule has 3 heterocycles. The minimum absolute atomic E-state index is 0. The normalized spacial score (nSPS) is 16.5. The third kappa shape index (κ3) is 6.27. The maximum absolute atomic E-state index is 8.39. The number of rotatable bonds is 3. The first-order valence-corrected chi connectivity index (χ1v) is 13.6. The van der Waals surface area contributed by atoms with Crippen LogP contribution in [0.4, 0.5) is 0 Å². The van der Waals surface area contributed by atoms with Gasteiger partial charge in [0.2, 0.25) is 0 Å². The van der Waals surface area contributed by atoms with Crippen LogP contribution in [-0.2, 0) is 26.5 Å². The molecule has 0 N–H and O–H groups in total. The van der Waals surface area contributed by atoms with Gasteiger partial charge in [-0.2, -0.15) is 0 Å². The van der Waals surface area contributed by atoms with Crippen molar-refractivity contribution >= 4 is 32.7 Å². The summed E-state index contributed by atoms with van der Waals surface area (Å²) in [4.78, 5) is 8.65. The van der Waals surface area contributed by atoms with Gasteiger partial charge in [-0.3, -0.25) is 0 Å². The molecule has 0 amide bonds. The second kappa shape index (κ2) is 12.0. The van der Waals surface area contributed by atoms with Crippen molar-refractivity contribution in [2.75, 3.05) is 0 Å².